The van der Waals surface area contributed by atoms with Gasteiger partial charge in [-0.3, -0.25) is 10.1 Å². The Morgan fingerprint density at radius 3 is 2.59 bits per heavy atom. The molecular formula is C22H26F2N4O. The lowest BCUT2D eigenvalue weighted by Gasteiger charge is -2.18. The zero-order valence-electron chi connectivity index (χ0n) is 17.0. The lowest BCUT2D eigenvalue weighted by molar-refractivity contribution is 0.0173. The maximum absolute atomic E-state index is 14.1. The van der Waals surface area contributed by atoms with Crippen molar-refractivity contribution in [1.29, 1.82) is 0 Å². The van der Waals surface area contributed by atoms with Gasteiger partial charge in [0.25, 0.3) is 5.92 Å². The second-order valence-corrected chi connectivity index (χ2v) is 7.28. The summed E-state index contributed by atoms with van der Waals surface area (Å²) < 4.78 is 34.1. The van der Waals surface area contributed by atoms with Gasteiger partial charge in [-0.25, -0.2) is 8.78 Å². The summed E-state index contributed by atoms with van der Waals surface area (Å²) in [6.07, 6.45) is 7.15. The highest BCUT2D eigenvalue weighted by Gasteiger charge is 2.26. The maximum Gasteiger partial charge on any atom is 0.270 e. The van der Waals surface area contributed by atoms with Crippen molar-refractivity contribution in [2.45, 2.75) is 39.2 Å². The molecule has 0 bridgehead atoms. The van der Waals surface area contributed by atoms with Gasteiger partial charge < -0.3 is 9.64 Å². The largest absolute Gasteiger partial charge is 0.457 e. The molecule has 5 nitrogen and oxygen atoms in total. The van der Waals surface area contributed by atoms with Crippen LogP contribution in [0.5, 0.6) is 11.5 Å². The third-order valence-electron chi connectivity index (χ3n) is 4.64. The molecule has 0 saturated heterocycles. The van der Waals surface area contributed by atoms with E-state index < -0.39 is 5.92 Å². The number of ether oxygens (including phenoxy) is 1. The zero-order valence-corrected chi connectivity index (χ0v) is 17.0. The first-order valence-corrected chi connectivity index (χ1v) is 9.69. The molecule has 0 spiro atoms. The number of hydrogen-bond donors (Lipinski definition) is 1. The number of aromatic nitrogens is 3. The van der Waals surface area contributed by atoms with E-state index in [2.05, 4.69) is 27.0 Å². The van der Waals surface area contributed by atoms with E-state index in [-0.39, 0.29) is 5.56 Å². The van der Waals surface area contributed by atoms with Crippen LogP contribution >= 0.6 is 0 Å². The van der Waals surface area contributed by atoms with Gasteiger partial charge in [0.1, 0.15) is 11.5 Å². The van der Waals surface area contributed by atoms with Crippen LogP contribution in [-0.4, -0.2) is 33.7 Å². The van der Waals surface area contributed by atoms with Crippen LogP contribution in [0, 0.1) is 0 Å². The van der Waals surface area contributed by atoms with Crippen molar-refractivity contribution in [3.63, 3.8) is 0 Å². The highest BCUT2D eigenvalue weighted by Crippen LogP contribution is 2.36. The summed E-state index contributed by atoms with van der Waals surface area (Å²) in [7, 11) is 2.04. The minimum atomic E-state index is -3.00. The Morgan fingerprint density at radius 1 is 1.14 bits per heavy atom. The quantitative estimate of drug-likeness (QED) is 0.507. The van der Waals surface area contributed by atoms with Gasteiger partial charge in [0.2, 0.25) is 0 Å². The first kappa shape index (κ1) is 20.9. The van der Waals surface area contributed by atoms with Gasteiger partial charge in [0.05, 0.1) is 11.9 Å². The van der Waals surface area contributed by atoms with Crippen LogP contribution in [-0.2, 0) is 12.5 Å². The summed E-state index contributed by atoms with van der Waals surface area (Å²) in [6, 6.07) is 7.97. The number of benzene rings is 1. The molecule has 0 aliphatic carbocycles. The summed E-state index contributed by atoms with van der Waals surface area (Å²) in [5.74, 6) is -2.12. The topological polar surface area (TPSA) is 54.0 Å². The van der Waals surface area contributed by atoms with Crippen molar-refractivity contribution in [2.75, 3.05) is 13.6 Å². The molecule has 0 saturated carbocycles. The maximum atomic E-state index is 14.1. The van der Waals surface area contributed by atoms with E-state index in [1.54, 1.807) is 36.8 Å². The summed E-state index contributed by atoms with van der Waals surface area (Å²) in [4.78, 5) is 6.14. The summed E-state index contributed by atoms with van der Waals surface area (Å²) >= 11 is 0. The number of hydrogen-bond acceptors (Lipinski definition) is 4. The van der Waals surface area contributed by atoms with Crippen molar-refractivity contribution >= 4 is 0 Å². The third kappa shape index (κ3) is 5.60. The molecule has 3 aromatic rings. The predicted octanol–water partition coefficient (Wildman–Crippen LogP) is 5.61. The molecule has 2 aromatic heterocycles. The molecule has 1 N–H and O–H groups in total. The Morgan fingerprint density at radius 2 is 1.90 bits per heavy atom. The van der Waals surface area contributed by atoms with Gasteiger partial charge in [-0.2, -0.15) is 5.10 Å². The molecule has 1 aromatic carbocycles. The minimum absolute atomic E-state index is 0.112. The van der Waals surface area contributed by atoms with Crippen molar-refractivity contribution < 1.29 is 13.5 Å². The fourth-order valence-corrected chi connectivity index (χ4v) is 3.08. The van der Waals surface area contributed by atoms with Crippen LogP contribution in [0.15, 0.2) is 48.9 Å². The SMILES string of the molecule is CCCCN(C)Cc1cn[nH]c1-c1cc(Oc2ccncc2)cc(C(C)(F)F)c1. The Hall–Kier alpha value is -2.80. The number of pyridine rings is 1. The monoisotopic (exact) mass is 400 g/mol. The van der Waals surface area contributed by atoms with Crippen molar-refractivity contribution in [3.05, 3.63) is 60.0 Å². The molecule has 0 fully saturated rings. The molecule has 0 aliphatic heterocycles. The third-order valence-corrected chi connectivity index (χ3v) is 4.64. The van der Waals surface area contributed by atoms with Crippen molar-refractivity contribution in [2.24, 2.45) is 0 Å². The van der Waals surface area contributed by atoms with Crippen LogP contribution in [0.3, 0.4) is 0 Å². The number of nitrogens with one attached hydrogen (secondary N) is 1. The Kier molecular flexibility index (Phi) is 6.59. The molecule has 0 aliphatic rings. The second-order valence-electron chi connectivity index (χ2n) is 7.28. The van der Waals surface area contributed by atoms with E-state index in [9.17, 15) is 8.78 Å². The number of rotatable bonds is 9. The van der Waals surface area contributed by atoms with Crippen molar-refractivity contribution in [1.82, 2.24) is 20.1 Å². The molecule has 0 radical (unpaired) electrons. The number of alkyl halides is 2. The normalized spacial score (nSPS) is 11.8. The number of aromatic amines is 1. The first-order valence-electron chi connectivity index (χ1n) is 9.69. The number of H-pyrrole nitrogens is 1. The smallest absolute Gasteiger partial charge is 0.270 e. The van der Waals surface area contributed by atoms with Gasteiger partial charge >= 0.3 is 0 Å². The molecule has 3 rings (SSSR count). The van der Waals surface area contributed by atoms with Gasteiger partial charge in [-0.1, -0.05) is 13.3 Å². The molecule has 2 heterocycles. The molecule has 0 unspecified atom stereocenters. The van der Waals surface area contributed by atoms with E-state index >= 15 is 0 Å². The second kappa shape index (κ2) is 9.13. The molecule has 0 amide bonds. The molecule has 29 heavy (non-hydrogen) atoms. The molecule has 7 heteroatoms. The van der Waals surface area contributed by atoms with Crippen LogP contribution in [0.4, 0.5) is 8.78 Å². The summed E-state index contributed by atoms with van der Waals surface area (Å²) in [5, 5.41) is 7.12. The molecule has 0 atom stereocenters. The van der Waals surface area contributed by atoms with Gasteiger partial charge in [-0.05, 0) is 50.3 Å². The Labute approximate surface area is 169 Å². The lowest BCUT2D eigenvalue weighted by atomic mass is 10.0. The average Bonchev–Trinajstić information content (AvgIpc) is 3.14. The van der Waals surface area contributed by atoms with Crippen molar-refractivity contribution in [3.8, 4) is 22.8 Å². The number of nitrogens with zero attached hydrogens (tertiary/aromatic N) is 3. The standard InChI is InChI=1S/C22H26F2N4O/c1-4-5-10-28(3)15-17-14-26-27-21(17)16-11-18(22(2,23)24)13-20(12-16)29-19-6-8-25-9-7-19/h6-9,11-14H,4-5,10,15H2,1-3H3,(H,26,27). The van der Waals surface area contributed by atoms with Crippen LogP contribution in [0.2, 0.25) is 0 Å². The van der Waals surface area contributed by atoms with Crippen LogP contribution in [0.1, 0.15) is 37.8 Å². The lowest BCUT2D eigenvalue weighted by Crippen LogP contribution is -2.19. The van der Waals surface area contributed by atoms with E-state index in [0.29, 0.717) is 23.6 Å². The van der Waals surface area contributed by atoms with Crippen LogP contribution in [0.25, 0.3) is 11.3 Å². The summed E-state index contributed by atoms with van der Waals surface area (Å²) in [6.45, 7) is 4.68. The van der Waals surface area contributed by atoms with E-state index in [4.69, 9.17) is 4.74 Å². The fraction of sp³-hybridized carbons (Fsp3) is 0.364. The fourth-order valence-electron chi connectivity index (χ4n) is 3.08. The highest BCUT2D eigenvalue weighted by molar-refractivity contribution is 5.66. The van der Waals surface area contributed by atoms with E-state index in [1.807, 2.05) is 7.05 Å². The van der Waals surface area contributed by atoms with E-state index in [1.165, 1.54) is 12.1 Å². The Bertz CT molecular complexity index is 922. The number of halogens is 2. The van der Waals surface area contributed by atoms with Crippen LogP contribution < -0.4 is 4.74 Å². The first-order chi connectivity index (χ1) is 13.9. The predicted molar refractivity (Wildman–Crippen MR) is 109 cm³/mol. The summed E-state index contributed by atoms with van der Waals surface area (Å²) in [5.41, 5.74) is 2.18. The molecule has 154 valence electrons. The van der Waals surface area contributed by atoms with Gasteiger partial charge in [-0.15, -0.1) is 0 Å². The zero-order chi connectivity index (χ0) is 20.9. The molecular weight excluding hydrogens is 374 g/mol. The number of unbranched alkanes of at least 4 members (excludes halogenated alkanes) is 1. The van der Waals surface area contributed by atoms with Gasteiger partial charge in [0, 0.05) is 42.6 Å². The highest BCUT2D eigenvalue weighted by atomic mass is 19.3. The Balaban J connectivity index is 1.95. The average molecular weight is 400 g/mol. The van der Waals surface area contributed by atoms with E-state index in [0.717, 1.165) is 37.6 Å². The van der Waals surface area contributed by atoms with Gasteiger partial charge in [0.15, 0.2) is 0 Å². The minimum Gasteiger partial charge on any atom is -0.457 e.